The summed E-state index contributed by atoms with van der Waals surface area (Å²) in [7, 11) is 0. The second-order valence-corrected chi connectivity index (χ2v) is 4.54. The molecule has 19 heavy (non-hydrogen) atoms. The maximum atomic E-state index is 11.9. The van der Waals surface area contributed by atoms with Crippen LogP contribution in [0.5, 0.6) is 0 Å². The van der Waals surface area contributed by atoms with E-state index in [1.807, 2.05) is 0 Å². The van der Waals surface area contributed by atoms with Crippen molar-refractivity contribution in [1.82, 2.24) is 4.90 Å². The molecule has 1 aromatic rings. The summed E-state index contributed by atoms with van der Waals surface area (Å²) in [4.78, 5) is 35.9. The van der Waals surface area contributed by atoms with Crippen LogP contribution in [0.4, 0.5) is 0 Å². The zero-order valence-corrected chi connectivity index (χ0v) is 9.91. The minimum Gasteiger partial charge on any atom is -0.480 e. The summed E-state index contributed by atoms with van der Waals surface area (Å²) >= 11 is 0. The van der Waals surface area contributed by atoms with Crippen LogP contribution in [0.25, 0.3) is 0 Å². The van der Waals surface area contributed by atoms with E-state index in [1.165, 1.54) is 0 Å². The Labute approximate surface area is 108 Å². The zero-order chi connectivity index (χ0) is 13.6. The van der Waals surface area contributed by atoms with Crippen LogP contribution in [0.1, 0.15) is 35.0 Å². The summed E-state index contributed by atoms with van der Waals surface area (Å²) in [5.41, 5.74) is 0.935. The largest absolute Gasteiger partial charge is 0.480 e. The molecule has 0 radical (unpaired) electrons. The summed E-state index contributed by atoms with van der Waals surface area (Å²) < 4.78 is 5.17. The molecule has 3 rings (SSSR count). The predicted molar refractivity (Wildman–Crippen MR) is 62.1 cm³/mol. The lowest BCUT2D eigenvalue weighted by Crippen LogP contribution is -2.41. The van der Waals surface area contributed by atoms with Crippen molar-refractivity contribution in [3.05, 3.63) is 35.4 Å². The maximum absolute atomic E-state index is 11.9. The third-order valence-electron chi connectivity index (χ3n) is 3.46. The predicted octanol–water partition coefficient (Wildman–Crippen LogP) is 0.931. The average molecular weight is 261 g/mol. The molecule has 1 fully saturated rings. The van der Waals surface area contributed by atoms with Gasteiger partial charge in [-0.15, -0.1) is 0 Å². The lowest BCUT2D eigenvalue weighted by Gasteiger charge is -2.27. The monoisotopic (exact) mass is 261 g/mol. The Morgan fingerprint density at radius 1 is 1.32 bits per heavy atom. The van der Waals surface area contributed by atoms with Gasteiger partial charge in [0.25, 0.3) is 0 Å². The third-order valence-corrected chi connectivity index (χ3v) is 3.46. The summed E-state index contributed by atoms with van der Waals surface area (Å²) in [6, 6.07) is 5.77. The van der Waals surface area contributed by atoms with Crippen LogP contribution >= 0.6 is 0 Å². The zero-order valence-electron chi connectivity index (χ0n) is 9.91. The van der Waals surface area contributed by atoms with E-state index in [-0.39, 0.29) is 18.7 Å². The fourth-order valence-electron chi connectivity index (χ4n) is 2.57. The summed E-state index contributed by atoms with van der Waals surface area (Å²) in [6.07, 6.45) is -0.516. The lowest BCUT2D eigenvalue weighted by molar-refractivity contribution is -0.154. The number of hydrogen-bond acceptors (Lipinski definition) is 4. The van der Waals surface area contributed by atoms with Crippen molar-refractivity contribution in [2.45, 2.75) is 25.1 Å². The molecule has 2 aliphatic heterocycles. The van der Waals surface area contributed by atoms with E-state index in [0.717, 1.165) is 4.90 Å². The number of hydrogen-bond donors (Lipinski definition) is 1. The first-order valence-electron chi connectivity index (χ1n) is 5.93. The first-order valence-corrected chi connectivity index (χ1v) is 5.93. The molecule has 2 aliphatic rings. The van der Waals surface area contributed by atoms with Gasteiger partial charge in [-0.25, -0.2) is 9.59 Å². The first kappa shape index (κ1) is 11.7. The molecule has 2 heterocycles. The summed E-state index contributed by atoms with van der Waals surface area (Å²) in [5.74, 6) is -1.90. The van der Waals surface area contributed by atoms with Crippen molar-refractivity contribution in [3.8, 4) is 0 Å². The number of likely N-dealkylation sites (tertiary alicyclic amines) is 1. The number of aliphatic carboxylic acids is 1. The normalized spacial score (nSPS) is 25.4. The molecule has 1 saturated heterocycles. The number of carbonyl (C=O) groups excluding carboxylic acids is 2. The lowest BCUT2D eigenvalue weighted by atomic mass is 10.1. The fourth-order valence-corrected chi connectivity index (χ4v) is 2.57. The Morgan fingerprint density at radius 3 is 2.79 bits per heavy atom. The Bertz CT molecular complexity index is 582. The number of amides is 1. The highest BCUT2D eigenvalue weighted by molar-refractivity contribution is 5.95. The maximum Gasteiger partial charge on any atom is 0.340 e. The van der Waals surface area contributed by atoms with Crippen LogP contribution in [0.3, 0.4) is 0 Å². The van der Waals surface area contributed by atoms with E-state index in [4.69, 9.17) is 9.84 Å². The number of carboxylic acids is 1. The molecule has 6 nitrogen and oxygen atoms in total. The standard InChI is InChI=1S/C13H11NO5/c15-10-6-5-9(12(16)17)14(10)11-7-3-1-2-4-8(7)13(18)19-11/h1-4,9,11H,5-6H2,(H,16,17)/t9-,11-/m1/s1. The molecule has 2 atom stereocenters. The van der Waals surface area contributed by atoms with Crippen LogP contribution in [-0.4, -0.2) is 33.9 Å². The molecule has 1 aromatic carbocycles. The molecule has 6 heteroatoms. The Kier molecular flexibility index (Phi) is 2.51. The highest BCUT2D eigenvalue weighted by Crippen LogP contribution is 2.37. The van der Waals surface area contributed by atoms with Crippen molar-refractivity contribution in [3.63, 3.8) is 0 Å². The smallest absolute Gasteiger partial charge is 0.340 e. The number of ether oxygens (including phenoxy) is 1. The second kappa shape index (κ2) is 4.08. The Morgan fingerprint density at radius 2 is 2.05 bits per heavy atom. The number of fused-ring (bicyclic) bond motifs is 1. The van der Waals surface area contributed by atoms with Gasteiger partial charge in [0.15, 0.2) is 0 Å². The Balaban J connectivity index is 2.01. The number of esters is 1. The quantitative estimate of drug-likeness (QED) is 0.801. The molecular weight excluding hydrogens is 250 g/mol. The van der Waals surface area contributed by atoms with Gasteiger partial charge in [0.2, 0.25) is 12.1 Å². The minimum atomic E-state index is -1.08. The number of nitrogens with zero attached hydrogens (tertiary/aromatic N) is 1. The number of benzene rings is 1. The van der Waals surface area contributed by atoms with Crippen molar-refractivity contribution in [2.75, 3.05) is 0 Å². The molecular formula is C13H11NO5. The van der Waals surface area contributed by atoms with Gasteiger partial charge < -0.3 is 9.84 Å². The topological polar surface area (TPSA) is 83.9 Å². The Hall–Kier alpha value is -2.37. The van der Waals surface area contributed by atoms with Gasteiger partial charge in [-0.3, -0.25) is 9.69 Å². The number of cyclic esters (lactones) is 1. The minimum absolute atomic E-state index is 0.160. The SMILES string of the molecule is O=C1O[C@@H](N2C(=O)CC[C@@H]2C(=O)O)c2ccccc21. The van der Waals surface area contributed by atoms with Gasteiger partial charge in [0.1, 0.15) is 6.04 Å². The number of rotatable bonds is 2. The number of carboxylic acid groups (broad SMARTS) is 1. The van der Waals surface area contributed by atoms with Crippen LogP contribution in [0.2, 0.25) is 0 Å². The summed E-state index contributed by atoms with van der Waals surface area (Å²) in [5, 5.41) is 9.14. The molecule has 0 aliphatic carbocycles. The third kappa shape index (κ3) is 1.68. The van der Waals surface area contributed by atoms with Crippen molar-refractivity contribution in [2.24, 2.45) is 0 Å². The van der Waals surface area contributed by atoms with Crippen LogP contribution in [0, 0.1) is 0 Å². The van der Waals surface area contributed by atoms with Crippen LogP contribution in [-0.2, 0) is 14.3 Å². The first-order chi connectivity index (χ1) is 9.09. The van der Waals surface area contributed by atoms with Gasteiger partial charge in [0.05, 0.1) is 5.56 Å². The van der Waals surface area contributed by atoms with E-state index in [9.17, 15) is 14.4 Å². The van der Waals surface area contributed by atoms with Crippen LogP contribution < -0.4 is 0 Å². The highest BCUT2D eigenvalue weighted by atomic mass is 16.6. The van der Waals surface area contributed by atoms with Crippen LogP contribution in [0.15, 0.2) is 24.3 Å². The summed E-state index contributed by atoms with van der Waals surface area (Å²) in [6.45, 7) is 0. The molecule has 0 aromatic heterocycles. The molecule has 0 saturated carbocycles. The molecule has 1 amide bonds. The van der Waals surface area contributed by atoms with Crippen molar-refractivity contribution in [1.29, 1.82) is 0 Å². The highest BCUT2D eigenvalue weighted by Gasteiger charge is 2.46. The van der Waals surface area contributed by atoms with Gasteiger partial charge in [0, 0.05) is 12.0 Å². The van der Waals surface area contributed by atoms with E-state index >= 15 is 0 Å². The molecule has 98 valence electrons. The molecule has 0 bridgehead atoms. The van der Waals surface area contributed by atoms with Crippen molar-refractivity contribution >= 4 is 17.8 Å². The van der Waals surface area contributed by atoms with E-state index in [2.05, 4.69) is 0 Å². The molecule has 0 unspecified atom stereocenters. The van der Waals surface area contributed by atoms with E-state index in [1.54, 1.807) is 24.3 Å². The van der Waals surface area contributed by atoms with Gasteiger partial charge in [-0.1, -0.05) is 18.2 Å². The van der Waals surface area contributed by atoms with E-state index < -0.39 is 24.2 Å². The average Bonchev–Trinajstić information content (AvgIpc) is 2.91. The van der Waals surface area contributed by atoms with Gasteiger partial charge >= 0.3 is 11.9 Å². The van der Waals surface area contributed by atoms with Gasteiger partial charge in [-0.05, 0) is 12.5 Å². The van der Waals surface area contributed by atoms with Crippen molar-refractivity contribution < 1.29 is 24.2 Å². The molecule has 1 N–H and O–H groups in total. The van der Waals surface area contributed by atoms with E-state index in [0.29, 0.717) is 11.1 Å². The number of carbonyl (C=O) groups is 3. The fraction of sp³-hybridized carbons (Fsp3) is 0.308. The van der Waals surface area contributed by atoms with Gasteiger partial charge in [-0.2, -0.15) is 0 Å². The molecule has 0 spiro atoms. The second-order valence-electron chi connectivity index (χ2n) is 4.54.